The molecule has 1 aliphatic rings. The SMILES string of the molecule is C=CC(=O)Nc1ccc(-c2c(-c3ccc(C(F)(NC4CC4)C(F)F)c(OC)c3)c3c(N)ncc(C#N)c3n2C)cc1. The third kappa shape index (κ3) is 4.87. The van der Waals surface area contributed by atoms with E-state index in [0.29, 0.717) is 51.8 Å². The number of nitrogen functional groups attached to an aromatic ring is 1. The summed E-state index contributed by atoms with van der Waals surface area (Å²) in [5, 5.41) is 15.4. The average Bonchev–Trinajstić information content (AvgIpc) is 3.73. The van der Waals surface area contributed by atoms with Gasteiger partial charge in [-0.1, -0.05) is 24.8 Å². The van der Waals surface area contributed by atoms with Crippen molar-refractivity contribution < 1.29 is 22.7 Å². The van der Waals surface area contributed by atoms with E-state index in [9.17, 15) is 18.8 Å². The van der Waals surface area contributed by atoms with E-state index < -0.39 is 12.2 Å². The van der Waals surface area contributed by atoms with E-state index in [2.05, 4.69) is 28.3 Å². The van der Waals surface area contributed by atoms with Crippen molar-refractivity contribution in [2.75, 3.05) is 18.2 Å². The quantitative estimate of drug-likeness (QED) is 0.180. The molecule has 210 valence electrons. The highest BCUT2D eigenvalue weighted by Crippen LogP contribution is 2.46. The number of carbonyl (C=O) groups is 1. The molecule has 11 heteroatoms. The van der Waals surface area contributed by atoms with Crippen LogP contribution in [-0.2, 0) is 17.6 Å². The van der Waals surface area contributed by atoms with Crippen LogP contribution in [-0.4, -0.2) is 35.0 Å². The Hall–Kier alpha value is -4.82. The van der Waals surface area contributed by atoms with Gasteiger partial charge in [-0.3, -0.25) is 10.1 Å². The largest absolute Gasteiger partial charge is 0.496 e. The molecule has 0 aliphatic heterocycles. The van der Waals surface area contributed by atoms with Crippen molar-refractivity contribution in [3.63, 3.8) is 0 Å². The maximum absolute atomic E-state index is 15.8. The molecule has 4 N–H and O–H groups in total. The summed E-state index contributed by atoms with van der Waals surface area (Å²) in [6.07, 6.45) is 0.427. The molecule has 5 rings (SSSR count). The number of hydrogen-bond acceptors (Lipinski definition) is 6. The van der Waals surface area contributed by atoms with Gasteiger partial charge in [0.05, 0.1) is 34.8 Å². The van der Waals surface area contributed by atoms with Gasteiger partial charge in [-0.05, 0) is 54.3 Å². The third-order valence-corrected chi connectivity index (χ3v) is 7.14. The van der Waals surface area contributed by atoms with Crippen molar-refractivity contribution in [2.24, 2.45) is 7.05 Å². The van der Waals surface area contributed by atoms with Crippen LogP contribution in [0.5, 0.6) is 5.75 Å². The Morgan fingerprint density at radius 1 is 1.27 bits per heavy atom. The number of fused-ring (bicyclic) bond motifs is 1. The summed E-state index contributed by atoms with van der Waals surface area (Å²) in [5.74, 6) is -3.40. The number of alkyl halides is 3. The molecule has 2 heterocycles. The number of nitrogens with one attached hydrogen (secondary N) is 2. The molecule has 1 unspecified atom stereocenters. The van der Waals surface area contributed by atoms with Crippen LogP contribution in [0, 0.1) is 11.3 Å². The first kappa shape index (κ1) is 27.7. The number of nitrogens with two attached hydrogens (primary N) is 1. The Kier molecular flexibility index (Phi) is 7.19. The summed E-state index contributed by atoms with van der Waals surface area (Å²) in [6, 6.07) is 13.1. The summed E-state index contributed by atoms with van der Waals surface area (Å²) in [5.41, 5.74) is 9.73. The first-order valence-corrected chi connectivity index (χ1v) is 12.8. The molecular weight excluding hydrogens is 533 g/mol. The van der Waals surface area contributed by atoms with E-state index in [1.54, 1.807) is 35.9 Å². The van der Waals surface area contributed by atoms with Crippen LogP contribution in [0.25, 0.3) is 33.3 Å². The maximum Gasteiger partial charge on any atom is 0.289 e. The fraction of sp³-hybridized carbons (Fsp3) is 0.233. The first-order valence-electron chi connectivity index (χ1n) is 12.8. The summed E-state index contributed by atoms with van der Waals surface area (Å²) in [7, 11) is 3.05. The lowest BCUT2D eigenvalue weighted by atomic mass is 9.94. The number of hydrogen-bond donors (Lipinski definition) is 3. The van der Waals surface area contributed by atoms with Gasteiger partial charge in [-0.25, -0.2) is 18.2 Å². The number of rotatable bonds is 9. The zero-order valence-electron chi connectivity index (χ0n) is 22.3. The fourth-order valence-electron chi connectivity index (χ4n) is 5.04. The molecule has 1 atom stereocenters. The van der Waals surface area contributed by atoms with Gasteiger partial charge in [-0.2, -0.15) is 5.26 Å². The van der Waals surface area contributed by atoms with Gasteiger partial charge < -0.3 is 20.4 Å². The molecule has 41 heavy (non-hydrogen) atoms. The van der Waals surface area contributed by atoms with Gasteiger partial charge in [0.1, 0.15) is 17.6 Å². The number of carbonyl (C=O) groups excluding carboxylic acids is 1. The van der Waals surface area contributed by atoms with Crippen LogP contribution in [0.15, 0.2) is 61.3 Å². The number of methoxy groups -OCH3 is 1. The highest BCUT2D eigenvalue weighted by molar-refractivity contribution is 6.11. The van der Waals surface area contributed by atoms with E-state index in [0.717, 1.165) is 6.08 Å². The van der Waals surface area contributed by atoms with Crippen LogP contribution in [0.3, 0.4) is 0 Å². The third-order valence-electron chi connectivity index (χ3n) is 7.14. The minimum atomic E-state index is -3.34. The lowest BCUT2D eigenvalue weighted by Crippen LogP contribution is -2.46. The second-order valence-electron chi connectivity index (χ2n) is 9.79. The van der Waals surface area contributed by atoms with Crippen LogP contribution < -0.4 is 21.1 Å². The predicted molar refractivity (Wildman–Crippen MR) is 151 cm³/mol. The van der Waals surface area contributed by atoms with E-state index in [1.165, 1.54) is 31.5 Å². The predicted octanol–water partition coefficient (Wildman–Crippen LogP) is 5.63. The molecule has 8 nitrogen and oxygen atoms in total. The van der Waals surface area contributed by atoms with Gasteiger partial charge in [0.15, 0.2) is 0 Å². The Bertz CT molecular complexity index is 1710. The van der Waals surface area contributed by atoms with Crippen LogP contribution in [0.1, 0.15) is 24.0 Å². The van der Waals surface area contributed by atoms with E-state index in [-0.39, 0.29) is 34.6 Å². The van der Waals surface area contributed by atoms with Gasteiger partial charge in [-0.15, -0.1) is 0 Å². The van der Waals surface area contributed by atoms with E-state index in [4.69, 9.17) is 10.5 Å². The summed E-state index contributed by atoms with van der Waals surface area (Å²) in [6.45, 7) is 3.45. The van der Waals surface area contributed by atoms with Gasteiger partial charge in [0, 0.05) is 30.5 Å². The number of amides is 1. The second-order valence-corrected chi connectivity index (χ2v) is 9.79. The molecule has 2 aromatic heterocycles. The zero-order valence-corrected chi connectivity index (χ0v) is 22.3. The highest BCUT2D eigenvalue weighted by atomic mass is 19.3. The van der Waals surface area contributed by atoms with Crippen molar-refractivity contribution in [3.8, 4) is 34.2 Å². The molecule has 1 aliphatic carbocycles. The summed E-state index contributed by atoms with van der Waals surface area (Å²) >= 11 is 0. The first-order chi connectivity index (χ1) is 19.6. The number of benzene rings is 2. The summed E-state index contributed by atoms with van der Waals surface area (Å²) < 4.78 is 51.2. The molecule has 0 saturated heterocycles. The number of pyridine rings is 1. The van der Waals surface area contributed by atoms with E-state index >= 15 is 4.39 Å². The Morgan fingerprint density at radius 2 is 1.95 bits per heavy atom. The molecular formula is C30H27F3N6O2. The minimum absolute atomic E-state index is 0.0770. The molecule has 1 fully saturated rings. The number of aromatic nitrogens is 2. The van der Waals surface area contributed by atoms with Crippen molar-refractivity contribution in [1.29, 1.82) is 5.26 Å². The molecule has 1 amide bonds. The smallest absolute Gasteiger partial charge is 0.289 e. The molecule has 0 radical (unpaired) electrons. The molecule has 4 aromatic rings. The fourth-order valence-corrected chi connectivity index (χ4v) is 5.04. The lowest BCUT2D eigenvalue weighted by Gasteiger charge is -2.28. The van der Waals surface area contributed by atoms with E-state index in [1.807, 2.05) is 0 Å². The average molecular weight is 561 g/mol. The second kappa shape index (κ2) is 10.6. The molecule has 1 saturated carbocycles. The zero-order chi connectivity index (χ0) is 29.5. The van der Waals surface area contributed by atoms with Crippen LogP contribution in [0.4, 0.5) is 24.7 Å². The number of anilines is 2. The summed E-state index contributed by atoms with van der Waals surface area (Å²) in [4.78, 5) is 16.0. The lowest BCUT2D eigenvalue weighted by molar-refractivity contribution is -0.111. The van der Waals surface area contributed by atoms with Crippen molar-refractivity contribution >= 4 is 28.3 Å². The van der Waals surface area contributed by atoms with Gasteiger partial charge in [0.2, 0.25) is 5.91 Å². The number of ether oxygens (including phenoxy) is 1. The van der Waals surface area contributed by atoms with Crippen molar-refractivity contribution in [2.45, 2.75) is 31.1 Å². The van der Waals surface area contributed by atoms with Crippen molar-refractivity contribution in [1.82, 2.24) is 14.9 Å². The number of halogens is 3. The van der Waals surface area contributed by atoms with Crippen LogP contribution >= 0.6 is 0 Å². The number of nitriles is 1. The minimum Gasteiger partial charge on any atom is -0.496 e. The normalized spacial score (nSPS) is 14.5. The number of aryl methyl sites for hydroxylation is 1. The molecule has 0 spiro atoms. The standard InChI is InChI=1S/C30H27F3N6O2/c1-4-23(40)37-19-8-5-16(6-9-19)26-24(25-27(39(26)2)18(14-34)15-36-28(25)35)17-7-12-21(22(13-17)41-3)30(33,29(31)32)38-20-10-11-20/h4-9,12-13,15,20,29,38H,1,10-11H2,2-3H3,(H2,35,36)(H,37,40). The Labute approximate surface area is 234 Å². The molecule has 0 bridgehead atoms. The van der Waals surface area contributed by atoms with Crippen molar-refractivity contribution in [3.05, 3.63) is 72.4 Å². The highest BCUT2D eigenvalue weighted by Gasteiger charge is 2.47. The maximum atomic E-state index is 15.8. The van der Waals surface area contributed by atoms with Gasteiger partial charge >= 0.3 is 0 Å². The Morgan fingerprint density at radius 3 is 2.54 bits per heavy atom. The number of nitrogens with zero attached hydrogens (tertiary/aromatic N) is 3. The molecule has 2 aromatic carbocycles. The van der Waals surface area contributed by atoms with Crippen LogP contribution in [0.2, 0.25) is 0 Å². The van der Waals surface area contributed by atoms with Gasteiger partial charge in [0.25, 0.3) is 12.2 Å². The monoisotopic (exact) mass is 560 g/mol. The Balaban J connectivity index is 1.74. The topological polar surface area (TPSA) is 118 Å².